The molecule has 170 valence electrons. The third kappa shape index (κ3) is 3.58. The van der Waals surface area contributed by atoms with Crippen LogP contribution in [-0.2, 0) is 22.0 Å². The Hall–Kier alpha value is -2.79. The first kappa shape index (κ1) is 21.1. The number of fused-ring (bicyclic) bond motifs is 2. The highest BCUT2D eigenvalue weighted by Gasteiger charge is 2.48. The van der Waals surface area contributed by atoms with Crippen molar-refractivity contribution < 1.29 is 13.2 Å². The molecule has 1 amide bonds. The Morgan fingerprint density at radius 1 is 1.06 bits per heavy atom. The lowest BCUT2D eigenvalue weighted by Crippen LogP contribution is -2.50. The average Bonchev–Trinajstić information content (AvgIpc) is 3.38. The van der Waals surface area contributed by atoms with Gasteiger partial charge in [0.2, 0.25) is 10.0 Å². The summed E-state index contributed by atoms with van der Waals surface area (Å²) in [4.78, 5) is 38.4. The molecular weight excluding hydrogens is 432 g/mol. The number of anilines is 1. The van der Waals surface area contributed by atoms with Crippen LogP contribution in [0.15, 0.2) is 35.4 Å². The van der Waals surface area contributed by atoms with E-state index < -0.39 is 21.0 Å². The lowest BCUT2D eigenvalue weighted by molar-refractivity contribution is 0.0743. The summed E-state index contributed by atoms with van der Waals surface area (Å²) in [5, 5.41) is 0. The van der Waals surface area contributed by atoms with Gasteiger partial charge < -0.3 is 14.4 Å². The van der Waals surface area contributed by atoms with Gasteiger partial charge >= 0.3 is 0 Å². The van der Waals surface area contributed by atoms with Gasteiger partial charge in [-0.25, -0.2) is 17.7 Å². The average molecular weight is 459 g/mol. The molecule has 3 aliphatic heterocycles. The molecule has 2 saturated heterocycles. The molecule has 1 spiro atoms. The summed E-state index contributed by atoms with van der Waals surface area (Å²) in [5.74, 6) is 1.18. The number of sulfonamides is 1. The monoisotopic (exact) mass is 458 g/mol. The van der Waals surface area contributed by atoms with Crippen molar-refractivity contribution in [2.45, 2.75) is 24.8 Å². The van der Waals surface area contributed by atoms with Gasteiger partial charge in [-0.15, -0.1) is 0 Å². The maximum absolute atomic E-state index is 13.1. The second-order valence-corrected chi connectivity index (χ2v) is 10.8. The van der Waals surface area contributed by atoms with E-state index >= 15 is 0 Å². The van der Waals surface area contributed by atoms with Gasteiger partial charge in [0.1, 0.15) is 17.2 Å². The highest BCUT2D eigenvalue weighted by atomic mass is 32.2. The van der Waals surface area contributed by atoms with Gasteiger partial charge in [0, 0.05) is 63.6 Å². The number of aromatic nitrogens is 3. The molecule has 11 heteroatoms. The zero-order chi connectivity index (χ0) is 22.5. The number of piperazine rings is 1. The Bertz CT molecular complexity index is 1210. The molecule has 0 radical (unpaired) electrons. The number of pyridine rings is 1. The van der Waals surface area contributed by atoms with Crippen LogP contribution in [0.2, 0.25) is 0 Å². The number of carbonyl (C=O) groups is 1. The first-order chi connectivity index (χ1) is 15.3. The zero-order valence-electron chi connectivity index (χ0n) is 18.0. The quantitative estimate of drug-likeness (QED) is 0.632. The summed E-state index contributed by atoms with van der Waals surface area (Å²) >= 11 is 0. The summed E-state index contributed by atoms with van der Waals surface area (Å²) in [6.07, 6.45) is 5.92. The van der Waals surface area contributed by atoms with Gasteiger partial charge in [0.05, 0.1) is 6.26 Å². The lowest BCUT2D eigenvalue weighted by atomic mass is 9.85. The van der Waals surface area contributed by atoms with E-state index in [4.69, 9.17) is 0 Å². The largest absolute Gasteiger partial charge is 0.353 e. The standard InChI is InChI=1S/C21H26N6O4S/c1-32(30,31)27-9-6-21(15-27)5-8-26-14-16(18(28)23-20(21)26)19(29)25-12-10-24(11-13-25)17-4-2-3-7-22-17/h2-4,7,14H,5-6,8-13,15H2,1H3/t21-/m0/s1. The van der Waals surface area contributed by atoms with Crippen molar-refractivity contribution in [1.82, 2.24) is 23.7 Å². The molecule has 5 heterocycles. The molecule has 0 N–H and O–H groups in total. The number of hydrogen-bond acceptors (Lipinski definition) is 7. The van der Waals surface area contributed by atoms with E-state index in [0.29, 0.717) is 64.5 Å². The van der Waals surface area contributed by atoms with Gasteiger partial charge in [-0.3, -0.25) is 9.59 Å². The van der Waals surface area contributed by atoms with E-state index in [1.165, 1.54) is 10.6 Å². The molecule has 2 aromatic heterocycles. The van der Waals surface area contributed by atoms with Crippen LogP contribution >= 0.6 is 0 Å². The molecule has 2 aromatic rings. The second-order valence-electron chi connectivity index (χ2n) is 8.82. The zero-order valence-corrected chi connectivity index (χ0v) is 18.8. The highest BCUT2D eigenvalue weighted by molar-refractivity contribution is 7.88. The Kier molecular flexibility index (Phi) is 5.05. The van der Waals surface area contributed by atoms with Crippen LogP contribution in [0.3, 0.4) is 0 Å². The van der Waals surface area contributed by atoms with Crippen LogP contribution < -0.4 is 10.5 Å². The lowest BCUT2D eigenvalue weighted by Gasteiger charge is -2.35. The minimum Gasteiger partial charge on any atom is -0.353 e. The van der Waals surface area contributed by atoms with Gasteiger partial charge in [0.15, 0.2) is 0 Å². The number of aryl methyl sites for hydroxylation is 1. The van der Waals surface area contributed by atoms with Crippen molar-refractivity contribution in [3.63, 3.8) is 0 Å². The minimum absolute atomic E-state index is 0.0788. The fourth-order valence-corrected chi connectivity index (χ4v) is 5.94. The van der Waals surface area contributed by atoms with E-state index in [2.05, 4.69) is 14.9 Å². The van der Waals surface area contributed by atoms with Crippen LogP contribution in [0.4, 0.5) is 5.82 Å². The number of nitrogens with zero attached hydrogens (tertiary/aromatic N) is 6. The van der Waals surface area contributed by atoms with Crippen molar-refractivity contribution >= 4 is 21.7 Å². The third-order valence-electron chi connectivity index (χ3n) is 6.86. The molecule has 0 aromatic carbocycles. The molecule has 0 aliphatic carbocycles. The summed E-state index contributed by atoms with van der Waals surface area (Å²) < 4.78 is 27.2. The molecule has 3 aliphatic rings. The molecule has 2 fully saturated rings. The van der Waals surface area contributed by atoms with Crippen LogP contribution in [-0.4, -0.2) is 83.6 Å². The molecule has 10 nitrogen and oxygen atoms in total. The summed E-state index contributed by atoms with van der Waals surface area (Å²) in [6, 6.07) is 5.74. The summed E-state index contributed by atoms with van der Waals surface area (Å²) in [7, 11) is -3.29. The summed E-state index contributed by atoms with van der Waals surface area (Å²) in [5.41, 5.74) is -0.902. The predicted octanol–water partition coefficient (Wildman–Crippen LogP) is -0.0925. The Balaban J connectivity index is 1.33. The Labute approximate surface area is 186 Å². The molecular formula is C21H26N6O4S. The molecule has 5 rings (SSSR count). The number of carbonyl (C=O) groups excluding carboxylic acids is 1. The first-order valence-corrected chi connectivity index (χ1v) is 12.6. The first-order valence-electron chi connectivity index (χ1n) is 10.8. The molecule has 32 heavy (non-hydrogen) atoms. The van der Waals surface area contributed by atoms with Crippen molar-refractivity contribution in [3.05, 3.63) is 52.3 Å². The van der Waals surface area contributed by atoms with Crippen molar-refractivity contribution in [3.8, 4) is 0 Å². The number of rotatable bonds is 3. The normalized spacial score (nSPS) is 23.7. The van der Waals surface area contributed by atoms with Crippen LogP contribution in [0.1, 0.15) is 29.0 Å². The number of hydrogen-bond donors (Lipinski definition) is 0. The fraction of sp³-hybridized carbons (Fsp3) is 0.524. The van der Waals surface area contributed by atoms with E-state index in [9.17, 15) is 18.0 Å². The van der Waals surface area contributed by atoms with E-state index in [0.717, 1.165) is 5.82 Å². The Morgan fingerprint density at radius 3 is 2.47 bits per heavy atom. The second kappa shape index (κ2) is 7.66. The smallest absolute Gasteiger partial charge is 0.285 e. The topological polar surface area (TPSA) is 109 Å². The van der Waals surface area contributed by atoms with E-state index in [1.54, 1.807) is 17.3 Å². The van der Waals surface area contributed by atoms with Crippen LogP contribution in [0.25, 0.3) is 0 Å². The van der Waals surface area contributed by atoms with E-state index in [-0.39, 0.29) is 11.5 Å². The molecule has 0 unspecified atom stereocenters. The Morgan fingerprint density at radius 2 is 1.81 bits per heavy atom. The maximum Gasteiger partial charge on any atom is 0.285 e. The third-order valence-corrected chi connectivity index (χ3v) is 8.11. The van der Waals surface area contributed by atoms with Gasteiger partial charge in [-0.05, 0) is 25.0 Å². The van der Waals surface area contributed by atoms with Crippen molar-refractivity contribution in [2.24, 2.45) is 0 Å². The fourth-order valence-electron chi connectivity index (χ4n) is 5.03. The minimum atomic E-state index is -3.29. The molecule has 0 bridgehead atoms. The van der Waals surface area contributed by atoms with Crippen LogP contribution in [0.5, 0.6) is 0 Å². The van der Waals surface area contributed by atoms with Gasteiger partial charge in [-0.2, -0.15) is 4.98 Å². The van der Waals surface area contributed by atoms with E-state index in [1.807, 2.05) is 22.8 Å². The van der Waals surface area contributed by atoms with Crippen LogP contribution in [0, 0.1) is 0 Å². The molecule has 1 atom stereocenters. The van der Waals surface area contributed by atoms with Gasteiger partial charge in [0.25, 0.3) is 11.5 Å². The summed E-state index contributed by atoms with van der Waals surface area (Å²) in [6.45, 7) is 3.68. The predicted molar refractivity (Wildman–Crippen MR) is 118 cm³/mol. The SMILES string of the molecule is CS(=O)(=O)N1CC[C@@]2(CCn3cc(C(=O)N4CCN(c5ccccn5)CC4)c(=O)nc32)C1. The highest BCUT2D eigenvalue weighted by Crippen LogP contribution is 2.41. The molecule has 0 saturated carbocycles. The van der Waals surface area contributed by atoms with Crippen molar-refractivity contribution in [2.75, 3.05) is 50.4 Å². The number of amides is 1. The maximum atomic E-state index is 13.1. The van der Waals surface area contributed by atoms with Crippen molar-refractivity contribution in [1.29, 1.82) is 0 Å². The van der Waals surface area contributed by atoms with Gasteiger partial charge in [-0.1, -0.05) is 6.07 Å².